The summed E-state index contributed by atoms with van der Waals surface area (Å²) in [5, 5.41) is 6.49. The van der Waals surface area contributed by atoms with Crippen LogP contribution in [0.1, 0.15) is 26.7 Å². The largest absolute Gasteiger partial charge is 0.353 e. The monoisotopic (exact) mass is 261 g/mol. The molecule has 2 unspecified atom stereocenters. The van der Waals surface area contributed by atoms with Crippen LogP contribution in [0.3, 0.4) is 0 Å². The molecule has 0 aliphatic carbocycles. The minimum absolute atomic E-state index is 0. The Balaban J connectivity index is 0.00000144. The van der Waals surface area contributed by atoms with Gasteiger partial charge in [-0.25, -0.2) is 0 Å². The van der Waals surface area contributed by atoms with E-state index in [1.165, 1.54) is 12.8 Å². The van der Waals surface area contributed by atoms with E-state index in [2.05, 4.69) is 15.5 Å². The Bertz CT molecular complexity index is 260. The summed E-state index contributed by atoms with van der Waals surface area (Å²) in [6.07, 6.45) is 2.46. The summed E-state index contributed by atoms with van der Waals surface area (Å²) in [7, 11) is 0. The van der Waals surface area contributed by atoms with Crippen LogP contribution in [0.5, 0.6) is 0 Å². The number of carbonyl (C=O) groups is 1. The second-order valence-corrected chi connectivity index (χ2v) is 5.36. The van der Waals surface area contributed by atoms with Crippen molar-refractivity contribution in [1.29, 1.82) is 0 Å². The lowest BCUT2D eigenvalue weighted by molar-refractivity contribution is -0.123. The van der Waals surface area contributed by atoms with Crippen LogP contribution >= 0.6 is 12.4 Å². The van der Waals surface area contributed by atoms with Gasteiger partial charge < -0.3 is 10.6 Å². The van der Waals surface area contributed by atoms with Crippen LogP contribution in [-0.4, -0.2) is 49.1 Å². The molecule has 2 atom stereocenters. The van der Waals surface area contributed by atoms with E-state index >= 15 is 0 Å². The summed E-state index contributed by atoms with van der Waals surface area (Å²) in [5.41, 5.74) is 0. The maximum Gasteiger partial charge on any atom is 0.234 e. The third-order valence-electron chi connectivity index (χ3n) is 3.56. The maximum absolute atomic E-state index is 11.6. The normalized spacial score (nSPS) is 28.6. The summed E-state index contributed by atoms with van der Waals surface area (Å²) in [6.45, 7) is 7.88. The fourth-order valence-electron chi connectivity index (χ4n) is 2.84. The summed E-state index contributed by atoms with van der Waals surface area (Å²) < 4.78 is 0. The predicted octanol–water partition coefficient (Wildman–Crippen LogP) is 0.617. The third kappa shape index (κ3) is 4.12. The smallest absolute Gasteiger partial charge is 0.234 e. The molecule has 5 heteroatoms. The van der Waals surface area contributed by atoms with Gasteiger partial charge in [0.2, 0.25) is 5.91 Å². The zero-order valence-electron chi connectivity index (χ0n) is 10.7. The molecule has 4 nitrogen and oxygen atoms in total. The van der Waals surface area contributed by atoms with Crippen LogP contribution in [0.25, 0.3) is 0 Å². The van der Waals surface area contributed by atoms with Gasteiger partial charge in [0, 0.05) is 25.2 Å². The summed E-state index contributed by atoms with van der Waals surface area (Å²) in [4.78, 5) is 13.9. The number of fused-ring (bicyclic) bond motifs is 1. The molecule has 0 radical (unpaired) electrons. The minimum Gasteiger partial charge on any atom is -0.353 e. The number of rotatable bonds is 3. The number of carbonyl (C=O) groups excluding carboxylic acids is 1. The highest BCUT2D eigenvalue weighted by Gasteiger charge is 2.32. The Morgan fingerprint density at radius 1 is 1.47 bits per heavy atom. The SMILES string of the molecule is CC(C)NC(=O)CN1CCC2NCCC2C1.Cl. The molecule has 2 aliphatic rings. The molecule has 100 valence electrons. The molecule has 2 saturated heterocycles. The van der Waals surface area contributed by atoms with Crippen molar-refractivity contribution in [1.82, 2.24) is 15.5 Å². The van der Waals surface area contributed by atoms with Gasteiger partial charge in [-0.2, -0.15) is 0 Å². The average Bonchev–Trinajstić information content (AvgIpc) is 2.63. The molecule has 0 aromatic heterocycles. The fraction of sp³-hybridized carbons (Fsp3) is 0.917. The molecule has 2 N–H and O–H groups in total. The van der Waals surface area contributed by atoms with Gasteiger partial charge in [-0.05, 0) is 39.2 Å². The van der Waals surface area contributed by atoms with Crippen molar-refractivity contribution in [3.8, 4) is 0 Å². The van der Waals surface area contributed by atoms with Gasteiger partial charge in [0.1, 0.15) is 0 Å². The summed E-state index contributed by atoms with van der Waals surface area (Å²) in [6, 6.07) is 0.961. The van der Waals surface area contributed by atoms with Gasteiger partial charge in [-0.1, -0.05) is 0 Å². The number of likely N-dealkylation sites (tertiary alicyclic amines) is 1. The predicted molar refractivity (Wildman–Crippen MR) is 71.5 cm³/mol. The van der Waals surface area contributed by atoms with Crippen molar-refractivity contribution in [2.75, 3.05) is 26.2 Å². The van der Waals surface area contributed by atoms with Crippen molar-refractivity contribution in [2.24, 2.45) is 5.92 Å². The molecule has 0 saturated carbocycles. The van der Waals surface area contributed by atoms with Crippen molar-refractivity contribution in [3.63, 3.8) is 0 Å². The van der Waals surface area contributed by atoms with Gasteiger partial charge in [0.25, 0.3) is 0 Å². The molecule has 0 aromatic rings. The van der Waals surface area contributed by atoms with Crippen LogP contribution in [0.4, 0.5) is 0 Å². The van der Waals surface area contributed by atoms with E-state index in [9.17, 15) is 4.79 Å². The van der Waals surface area contributed by atoms with Gasteiger partial charge in [0.05, 0.1) is 6.54 Å². The Labute approximate surface area is 110 Å². The highest BCUT2D eigenvalue weighted by molar-refractivity contribution is 5.85. The van der Waals surface area contributed by atoms with Gasteiger partial charge >= 0.3 is 0 Å². The van der Waals surface area contributed by atoms with Crippen molar-refractivity contribution in [3.05, 3.63) is 0 Å². The van der Waals surface area contributed by atoms with Crippen molar-refractivity contribution >= 4 is 18.3 Å². The first-order chi connectivity index (χ1) is 7.65. The zero-order chi connectivity index (χ0) is 11.5. The second kappa shape index (κ2) is 6.57. The maximum atomic E-state index is 11.6. The quantitative estimate of drug-likeness (QED) is 0.783. The number of amides is 1. The minimum atomic E-state index is 0. The molecule has 2 rings (SSSR count). The molecule has 0 bridgehead atoms. The van der Waals surface area contributed by atoms with Gasteiger partial charge in [-0.3, -0.25) is 9.69 Å². The van der Waals surface area contributed by atoms with Crippen molar-refractivity contribution in [2.45, 2.75) is 38.8 Å². The molecule has 17 heavy (non-hydrogen) atoms. The van der Waals surface area contributed by atoms with Gasteiger partial charge in [-0.15, -0.1) is 12.4 Å². The van der Waals surface area contributed by atoms with Gasteiger partial charge in [0.15, 0.2) is 0 Å². The number of nitrogens with one attached hydrogen (secondary N) is 2. The molecule has 2 heterocycles. The molecule has 1 amide bonds. The first-order valence-corrected chi connectivity index (χ1v) is 6.40. The molecular formula is C12H24ClN3O. The Morgan fingerprint density at radius 3 is 2.94 bits per heavy atom. The lowest BCUT2D eigenvalue weighted by Gasteiger charge is -2.34. The average molecular weight is 262 g/mol. The van der Waals surface area contributed by atoms with Crippen LogP contribution in [0, 0.1) is 5.92 Å². The Morgan fingerprint density at radius 2 is 2.24 bits per heavy atom. The number of hydrogen-bond donors (Lipinski definition) is 2. The third-order valence-corrected chi connectivity index (χ3v) is 3.56. The van der Waals surface area contributed by atoms with E-state index in [0.717, 1.165) is 25.6 Å². The first kappa shape index (κ1) is 14.7. The lowest BCUT2D eigenvalue weighted by Crippen LogP contribution is -2.48. The zero-order valence-corrected chi connectivity index (χ0v) is 11.6. The molecule has 0 spiro atoms. The summed E-state index contributed by atoms with van der Waals surface area (Å²) in [5.74, 6) is 0.931. The van der Waals surface area contributed by atoms with E-state index < -0.39 is 0 Å². The van der Waals surface area contributed by atoms with E-state index in [0.29, 0.717) is 12.6 Å². The molecule has 2 aliphatic heterocycles. The van der Waals surface area contributed by atoms with Crippen LogP contribution in [0.15, 0.2) is 0 Å². The second-order valence-electron chi connectivity index (χ2n) is 5.36. The fourth-order valence-corrected chi connectivity index (χ4v) is 2.84. The van der Waals surface area contributed by atoms with Crippen LogP contribution < -0.4 is 10.6 Å². The van der Waals surface area contributed by atoms with Crippen LogP contribution in [-0.2, 0) is 4.79 Å². The molecule has 2 fully saturated rings. The standard InChI is InChI=1S/C12H23N3O.ClH/c1-9(2)14-12(16)8-15-6-4-11-10(7-15)3-5-13-11;/h9-11,13H,3-8H2,1-2H3,(H,14,16);1H. The topological polar surface area (TPSA) is 44.4 Å². The van der Waals surface area contributed by atoms with Crippen LogP contribution in [0.2, 0.25) is 0 Å². The Kier molecular flexibility index (Phi) is 5.70. The first-order valence-electron chi connectivity index (χ1n) is 6.40. The molecular weight excluding hydrogens is 238 g/mol. The highest BCUT2D eigenvalue weighted by Crippen LogP contribution is 2.24. The Hall–Kier alpha value is -0.320. The van der Waals surface area contributed by atoms with E-state index in [-0.39, 0.29) is 24.4 Å². The number of halogens is 1. The van der Waals surface area contributed by atoms with E-state index in [1.54, 1.807) is 0 Å². The molecule has 0 aromatic carbocycles. The lowest BCUT2D eigenvalue weighted by atomic mass is 9.93. The van der Waals surface area contributed by atoms with E-state index in [4.69, 9.17) is 0 Å². The van der Waals surface area contributed by atoms with E-state index in [1.807, 2.05) is 13.8 Å². The number of hydrogen-bond acceptors (Lipinski definition) is 3. The summed E-state index contributed by atoms with van der Waals surface area (Å²) >= 11 is 0. The van der Waals surface area contributed by atoms with Crippen molar-refractivity contribution < 1.29 is 4.79 Å². The number of nitrogens with zero attached hydrogens (tertiary/aromatic N) is 1. The highest BCUT2D eigenvalue weighted by atomic mass is 35.5. The number of piperidine rings is 1.